The van der Waals surface area contributed by atoms with Crippen molar-refractivity contribution in [3.05, 3.63) is 35.9 Å². The van der Waals surface area contributed by atoms with E-state index in [1.165, 1.54) is 27.6 Å². The van der Waals surface area contributed by atoms with Crippen LogP contribution in [-0.4, -0.2) is 6.16 Å². The Morgan fingerprint density at radius 3 is 2.64 bits per heavy atom. The Hall–Kier alpha value is -0.350. The lowest BCUT2D eigenvalue weighted by Crippen LogP contribution is -1.84. The molecule has 0 nitrogen and oxygen atoms in total. The molecule has 0 bridgehead atoms. The van der Waals surface area contributed by atoms with Crippen molar-refractivity contribution in [2.24, 2.45) is 0 Å². The fourth-order valence-corrected chi connectivity index (χ4v) is 3.25. The van der Waals surface area contributed by atoms with Gasteiger partial charge in [0.15, 0.2) is 0 Å². The molecule has 0 amide bonds. The summed E-state index contributed by atoms with van der Waals surface area (Å²) < 4.78 is 0. The standard InChI is InChI=1S/C10H13P/c1-2-5-9(6-3-1)10-7-4-8-11-10/h1-3,5-6,10-11H,4,7-8H2. The van der Waals surface area contributed by atoms with E-state index >= 15 is 0 Å². The van der Waals surface area contributed by atoms with Gasteiger partial charge in [-0.05, 0) is 24.6 Å². The number of hydrogen-bond donors (Lipinski definition) is 0. The first-order chi connectivity index (χ1) is 5.47. The normalized spacial score (nSPS) is 26.0. The third kappa shape index (κ3) is 1.62. The van der Waals surface area contributed by atoms with Gasteiger partial charge in [-0.1, -0.05) is 30.3 Å². The molecule has 1 aromatic carbocycles. The second-order valence-corrected chi connectivity index (χ2v) is 4.66. The highest BCUT2D eigenvalue weighted by molar-refractivity contribution is 7.38. The second kappa shape index (κ2) is 3.36. The summed E-state index contributed by atoms with van der Waals surface area (Å²) in [6.07, 6.45) is 4.32. The molecular weight excluding hydrogens is 151 g/mol. The minimum atomic E-state index is 0.899. The second-order valence-electron chi connectivity index (χ2n) is 3.06. The van der Waals surface area contributed by atoms with Gasteiger partial charge in [-0.15, -0.1) is 8.58 Å². The van der Waals surface area contributed by atoms with Crippen molar-refractivity contribution in [1.29, 1.82) is 0 Å². The van der Waals surface area contributed by atoms with E-state index in [2.05, 4.69) is 30.3 Å². The number of benzene rings is 1. The van der Waals surface area contributed by atoms with E-state index in [1.54, 1.807) is 5.56 Å². The lowest BCUT2D eigenvalue weighted by atomic mass is 10.1. The third-order valence-corrected chi connectivity index (χ3v) is 4.02. The molecule has 1 aromatic rings. The SMILES string of the molecule is c1ccc(C2CCCP2)cc1. The zero-order chi connectivity index (χ0) is 7.52. The van der Waals surface area contributed by atoms with E-state index in [4.69, 9.17) is 0 Å². The monoisotopic (exact) mass is 164 g/mol. The molecule has 2 atom stereocenters. The maximum absolute atomic E-state index is 2.27. The number of hydrogen-bond acceptors (Lipinski definition) is 0. The van der Waals surface area contributed by atoms with Crippen molar-refractivity contribution in [2.75, 3.05) is 6.16 Å². The summed E-state index contributed by atoms with van der Waals surface area (Å²) in [5.74, 6) is 0. The van der Waals surface area contributed by atoms with Crippen LogP contribution in [0.2, 0.25) is 0 Å². The van der Waals surface area contributed by atoms with E-state index in [0.717, 1.165) is 5.66 Å². The molecule has 58 valence electrons. The zero-order valence-electron chi connectivity index (χ0n) is 6.59. The van der Waals surface area contributed by atoms with Gasteiger partial charge in [-0.3, -0.25) is 0 Å². The van der Waals surface area contributed by atoms with Crippen molar-refractivity contribution < 1.29 is 0 Å². The van der Waals surface area contributed by atoms with E-state index < -0.39 is 0 Å². The predicted molar refractivity (Wildman–Crippen MR) is 51.6 cm³/mol. The maximum atomic E-state index is 2.27. The van der Waals surface area contributed by atoms with E-state index in [9.17, 15) is 0 Å². The molecule has 0 saturated carbocycles. The molecule has 1 aliphatic heterocycles. The van der Waals surface area contributed by atoms with Gasteiger partial charge in [0, 0.05) is 5.66 Å². The minimum absolute atomic E-state index is 0.899. The van der Waals surface area contributed by atoms with Crippen LogP contribution in [0.1, 0.15) is 24.1 Å². The summed E-state index contributed by atoms with van der Waals surface area (Å²) in [5.41, 5.74) is 2.46. The van der Waals surface area contributed by atoms with Crippen LogP contribution in [0.3, 0.4) is 0 Å². The average Bonchev–Trinajstić information content (AvgIpc) is 2.58. The van der Waals surface area contributed by atoms with E-state index in [-0.39, 0.29) is 0 Å². The molecule has 2 unspecified atom stereocenters. The summed E-state index contributed by atoms with van der Waals surface area (Å²) in [6.45, 7) is 0. The largest absolute Gasteiger partial charge is 0.114 e. The fourth-order valence-electron chi connectivity index (χ4n) is 1.65. The van der Waals surface area contributed by atoms with Gasteiger partial charge in [-0.2, -0.15) is 0 Å². The Labute approximate surface area is 69.8 Å². The molecule has 2 rings (SSSR count). The van der Waals surface area contributed by atoms with Crippen molar-refractivity contribution >= 4 is 8.58 Å². The van der Waals surface area contributed by atoms with Crippen LogP contribution in [0.4, 0.5) is 0 Å². The van der Waals surface area contributed by atoms with Gasteiger partial charge >= 0.3 is 0 Å². The third-order valence-electron chi connectivity index (χ3n) is 2.26. The molecule has 0 spiro atoms. The Morgan fingerprint density at radius 2 is 2.00 bits per heavy atom. The zero-order valence-corrected chi connectivity index (χ0v) is 7.59. The van der Waals surface area contributed by atoms with Crippen molar-refractivity contribution in [2.45, 2.75) is 18.5 Å². The highest BCUT2D eigenvalue weighted by Gasteiger charge is 2.15. The van der Waals surface area contributed by atoms with Gasteiger partial charge in [0.2, 0.25) is 0 Å². The Morgan fingerprint density at radius 1 is 1.18 bits per heavy atom. The lowest BCUT2D eigenvalue weighted by molar-refractivity contribution is 0.828. The first-order valence-electron chi connectivity index (χ1n) is 4.25. The van der Waals surface area contributed by atoms with Crippen LogP contribution in [0, 0.1) is 0 Å². The fraction of sp³-hybridized carbons (Fsp3) is 0.400. The average molecular weight is 164 g/mol. The molecule has 1 fully saturated rings. The molecule has 1 heteroatoms. The molecule has 1 heterocycles. The highest BCUT2D eigenvalue weighted by atomic mass is 31.1. The maximum Gasteiger partial charge on any atom is 0.00142 e. The van der Waals surface area contributed by atoms with Gasteiger partial charge in [0.05, 0.1) is 0 Å². The molecule has 0 aromatic heterocycles. The van der Waals surface area contributed by atoms with Crippen molar-refractivity contribution in [1.82, 2.24) is 0 Å². The van der Waals surface area contributed by atoms with Gasteiger partial charge < -0.3 is 0 Å². The molecule has 0 N–H and O–H groups in total. The van der Waals surface area contributed by atoms with Crippen LogP contribution in [0.25, 0.3) is 0 Å². The number of rotatable bonds is 1. The Balaban J connectivity index is 2.16. The summed E-state index contributed by atoms with van der Waals surface area (Å²) in [4.78, 5) is 0. The summed E-state index contributed by atoms with van der Waals surface area (Å²) in [5, 5.41) is 0. The van der Waals surface area contributed by atoms with Crippen LogP contribution in [0.5, 0.6) is 0 Å². The minimum Gasteiger partial charge on any atom is -0.114 e. The lowest BCUT2D eigenvalue weighted by Gasteiger charge is -2.07. The van der Waals surface area contributed by atoms with Gasteiger partial charge in [-0.25, -0.2) is 0 Å². The molecule has 11 heavy (non-hydrogen) atoms. The summed E-state index contributed by atoms with van der Waals surface area (Å²) in [7, 11) is 1.18. The Kier molecular flexibility index (Phi) is 2.23. The topological polar surface area (TPSA) is 0 Å². The van der Waals surface area contributed by atoms with E-state index in [1.807, 2.05) is 0 Å². The Bertz CT molecular complexity index is 212. The van der Waals surface area contributed by atoms with Crippen LogP contribution < -0.4 is 0 Å². The first kappa shape index (κ1) is 7.31. The van der Waals surface area contributed by atoms with Crippen molar-refractivity contribution in [3.8, 4) is 0 Å². The molecule has 1 aliphatic rings. The van der Waals surface area contributed by atoms with E-state index in [0.29, 0.717) is 0 Å². The quantitative estimate of drug-likeness (QED) is 0.559. The van der Waals surface area contributed by atoms with Crippen molar-refractivity contribution in [3.63, 3.8) is 0 Å². The molecule has 0 aliphatic carbocycles. The summed E-state index contributed by atoms with van der Waals surface area (Å²) >= 11 is 0. The van der Waals surface area contributed by atoms with Crippen LogP contribution in [0.15, 0.2) is 30.3 Å². The van der Waals surface area contributed by atoms with Gasteiger partial charge in [0.25, 0.3) is 0 Å². The molecular formula is C10H13P. The van der Waals surface area contributed by atoms with Gasteiger partial charge in [0.1, 0.15) is 0 Å². The smallest absolute Gasteiger partial charge is 0.00142 e. The summed E-state index contributed by atoms with van der Waals surface area (Å²) in [6, 6.07) is 10.9. The molecule has 1 saturated heterocycles. The first-order valence-corrected chi connectivity index (χ1v) is 5.53. The molecule has 0 radical (unpaired) electrons. The highest BCUT2D eigenvalue weighted by Crippen LogP contribution is 2.44. The van der Waals surface area contributed by atoms with Crippen LogP contribution >= 0.6 is 8.58 Å². The van der Waals surface area contributed by atoms with Crippen LogP contribution in [-0.2, 0) is 0 Å². The predicted octanol–water partition coefficient (Wildman–Crippen LogP) is 3.20.